The maximum absolute atomic E-state index is 14.0. The maximum Gasteiger partial charge on any atom is 0.275 e. The number of benzene rings is 1. The third kappa shape index (κ3) is 4.81. The van der Waals surface area contributed by atoms with E-state index in [-0.39, 0.29) is 29.0 Å². The van der Waals surface area contributed by atoms with E-state index in [0.29, 0.717) is 36.7 Å². The Labute approximate surface area is 184 Å². The summed E-state index contributed by atoms with van der Waals surface area (Å²) >= 11 is 0.874. The van der Waals surface area contributed by atoms with Crippen LogP contribution < -0.4 is 11.1 Å². The molecule has 0 aliphatic carbocycles. The van der Waals surface area contributed by atoms with Crippen LogP contribution in [0.25, 0.3) is 10.6 Å². The first kappa shape index (κ1) is 22.4. The Balaban J connectivity index is 1.46. The van der Waals surface area contributed by atoms with Crippen LogP contribution in [0.3, 0.4) is 0 Å². The van der Waals surface area contributed by atoms with Crippen molar-refractivity contribution in [1.29, 1.82) is 0 Å². The van der Waals surface area contributed by atoms with Crippen molar-refractivity contribution < 1.29 is 27.1 Å². The first-order valence-corrected chi connectivity index (χ1v) is 10.6. The number of H-pyrrole nitrogens is 1. The highest BCUT2D eigenvalue weighted by Gasteiger charge is 2.26. The number of carbonyl (C=O) groups is 1. The molecular formula is C20H19F4N5O2S. The van der Waals surface area contributed by atoms with Crippen molar-refractivity contribution in [2.24, 2.45) is 5.73 Å². The van der Waals surface area contributed by atoms with Crippen LogP contribution in [0.5, 0.6) is 0 Å². The normalized spacial score (nSPS) is 21.3. The van der Waals surface area contributed by atoms with E-state index in [1.54, 1.807) is 0 Å². The lowest BCUT2D eigenvalue weighted by atomic mass is 10.0. The van der Waals surface area contributed by atoms with Crippen molar-refractivity contribution >= 4 is 22.9 Å². The summed E-state index contributed by atoms with van der Waals surface area (Å²) in [6, 6.07) is 0.671. The van der Waals surface area contributed by atoms with Crippen LogP contribution in [0.4, 0.5) is 23.2 Å². The van der Waals surface area contributed by atoms with Crippen LogP contribution in [0.15, 0.2) is 23.7 Å². The molecule has 0 radical (unpaired) electrons. The number of carbonyl (C=O) groups excluding carboxylic acids is 1. The van der Waals surface area contributed by atoms with E-state index in [1.165, 1.54) is 11.6 Å². The predicted octanol–water partition coefficient (Wildman–Crippen LogP) is 3.59. The number of hydrogen-bond acceptors (Lipinski definition) is 6. The molecule has 0 unspecified atom stereocenters. The number of hydrogen-bond donors (Lipinski definition) is 3. The zero-order chi connectivity index (χ0) is 22.8. The fourth-order valence-electron chi connectivity index (χ4n) is 3.36. The molecule has 4 N–H and O–H groups in total. The number of rotatable bonds is 5. The Morgan fingerprint density at radius 1 is 1.31 bits per heavy atom. The van der Waals surface area contributed by atoms with Crippen LogP contribution in [0.2, 0.25) is 0 Å². The van der Waals surface area contributed by atoms with Crippen LogP contribution >= 0.6 is 11.3 Å². The number of anilines is 1. The standard InChI is InChI=1S/C20H19F4N5O2S/c21-9-3-11(18(24)12(22)4-9)20-28-17(8-32-20)19(30)27-16-6-26-29-15(16)5-10-1-2-14(25)13(23)7-31-10/h3-4,6,8,10,13-14H,1-2,5,7,25H2,(H,26,29)(H,27,30)/t10-,13+,14+/m0/s1. The zero-order valence-electron chi connectivity index (χ0n) is 16.6. The quantitative estimate of drug-likeness (QED) is 0.391. The van der Waals surface area contributed by atoms with Crippen molar-refractivity contribution in [3.63, 3.8) is 0 Å². The van der Waals surface area contributed by atoms with Gasteiger partial charge in [0.2, 0.25) is 0 Å². The Morgan fingerprint density at radius 3 is 2.94 bits per heavy atom. The molecule has 2 aromatic heterocycles. The molecule has 7 nitrogen and oxygen atoms in total. The molecule has 170 valence electrons. The molecule has 1 aliphatic heterocycles. The van der Waals surface area contributed by atoms with Crippen molar-refractivity contribution in [3.05, 3.63) is 52.5 Å². The lowest BCUT2D eigenvalue weighted by Gasteiger charge is -2.15. The van der Waals surface area contributed by atoms with Crippen molar-refractivity contribution in [1.82, 2.24) is 15.2 Å². The Hall–Kier alpha value is -2.83. The minimum absolute atomic E-state index is 0.0394. The Morgan fingerprint density at radius 2 is 2.12 bits per heavy atom. The second-order valence-corrected chi connectivity index (χ2v) is 8.28. The van der Waals surface area contributed by atoms with Gasteiger partial charge in [-0.25, -0.2) is 22.5 Å². The lowest BCUT2D eigenvalue weighted by Crippen LogP contribution is -2.32. The third-order valence-corrected chi connectivity index (χ3v) is 6.01. The number of alkyl halides is 1. The average Bonchev–Trinajstić information content (AvgIpc) is 3.38. The van der Waals surface area contributed by atoms with Gasteiger partial charge in [0.1, 0.15) is 22.7 Å². The molecule has 0 bridgehead atoms. The van der Waals surface area contributed by atoms with E-state index in [2.05, 4.69) is 20.5 Å². The predicted molar refractivity (Wildman–Crippen MR) is 110 cm³/mol. The Kier molecular flexibility index (Phi) is 6.53. The second-order valence-electron chi connectivity index (χ2n) is 7.42. The number of amides is 1. The molecule has 1 amide bonds. The van der Waals surface area contributed by atoms with E-state index >= 15 is 0 Å². The molecule has 0 saturated carbocycles. The van der Waals surface area contributed by atoms with E-state index in [1.807, 2.05) is 0 Å². The largest absolute Gasteiger partial charge is 0.375 e. The highest BCUT2D eigenvalue weighted by atomic mass is 32.1. The molecule has 1 aromatic carbocycles. The van der Waals surface area contributed by atoms with Gasteiger partial charge in [0.05, 0.1) is 35.9 Å². The van der Waals surface area contributed by atoms with Gasteiger partial charge in [-0.1, -0.05) is 0 Å². The fraction of sp³-hybridized carbons (Fsp3) is 0.350. The molecule has 3 atom stereocenters. The molecule has 1 fully saturated rings. The number of ether oxygens (including phenoxy) is 1. The minimum atomic E-state index is -1.34. The monoisotopic (exact) mass is 469 g/mol. The number of nitrogens with two attached hydrogens (primary N) is 1. The SMILES string of the molecule is N[C@@H]1CC[C@@H](Cc2[nH]ncc2NC(=O)c2csc(-c3cc(F)cc(F)c3F)n2)OC[C@H]1F. The van der Waals surface area contributed by atoms with Crippen molar-refractivity contribution in [2.45, 2.75) is 37.6 Å². The average molecular weight is 469 g/mol. The van der Waals surface area contributed by atoms with Crippen LogP contribution in [0, 0.1) is 17.5 Å². The summed E-state index contributed by atoms with van der Waals surface area (Å²) in [5.41, 5.74) is 6.26. The third-order valence-electron chi connectivity index (χ3n) is 5.14. The smallest absolute Gasteiger partial charge is 0.275 e. The van der Waals surface area contributed by atoms with E-state index in [4.69, 9.17) is 10.5 Å². The van der Waals surface area contributed by atoms with E-state index < -0.39 is 35.6 Å². The van der Waals surface area contributed by atoms with E-state index in [0.717, 1.165) is 17.4 Å². The molecule has 1 aliphatic rings. The molecular weight excluding hydrogens is 450 g/mol. The summed E-state index contributed by atoms with van der Waals surface area (Å²) in [6.07, 6.45) is 1.26. The Bertz CT molecular complexity index is 1110. The first-order chi connectivity index (χ1) is 15.3. The summed E-state index contributed by atoms with van der Waals surface area (Å²) in [5, 5.41) is 10.7. The van der Waals surface area contributed by atoms with Gasteiger partial charge in [-0.15, -0.1) is 11.3 Å². The van der Waals surface area contributed by atoms with Gasteiger partial charge in [-0.2, -0.15) is 5.10 Å². The van der Waals surface area contributed by atoms with Crippen molar-refractivity contribution in [2.75, 3.05) is 11.9 Å². The molecule has 4 rings (SSSR count). The molecule has 3 heterocycles. The van der Waals surface area contributed by atoms with Crippen LogP contribution in [-0.4, -0.2) is 46.0 Å². The summed E-state index contributed by atoms with van der Waals surface area (Å²) in [5.74, 6) is -4.16. The summed E-state index contributed by atoms with van der Waals surface area (Å²) < 4.78 is 60.2. The maximum atomic E-state index is 14.0. The number of nitrogens with one attached hydrogen (secondary N) is 2. The molecule has 3 aromatic rings. The van der Waals surface area contributed by atoms with Gasteiger partial charge in [-0.3, -0.25) is 9.89 Å². The second kappa shape index (κ2) is 9.35. The number of halogens is 4. The van der Waals surface area contributed by atoms with Crippen LogP contribution in [-0.2, 0) is 11.2 Å². The number of aromatic amines is 1. The van der Waals surface area contributed by atoms with Gasteiger partial charge in [0.25, 0.3) is 5.91 Å². The number of thiazole rings is 1. The topological polar surface area (TPSA) is 106 Å². The number of nitrogens with zero attached hydrogens (tertiary/aromatic N) is 2. The first-order valence-electron chi connectivity index (χ1n) is 9.77. The van der Waals surface area contributed by atoms with Gasteiger partial charge < -0.3 is 15.8 Å². The molecule has 32 heavy (non-hydrogen) atoms. The minimum Gasteiger partial charge on any atom is -0.375 e. The lowest BCUT2D eigenvalue weighted by molar-refractivity contribution is 0.0295. The van der Waals surface area contributed by atoms with Crippen LogP contribution in [0.1, 0.15) is 29.0 Å². The molecule has 1 saturated heterocycles. The van der Waals surface area contributed by atoms with E-state index in [9.17, 15) is 22.4 Å². The van der Waals surface area contributed by atoms with Gasteiger partial charge in [0, 0.05) is 23.9 Å². The summed E-state index contributed by atoms with van der Waals surface area (Å²) in [4.78, 5) is 16.6. The zero-order valence-corrected chi connectivity index (χ0v) is 17.4. The fourth-order valence-corrected chi connectivity index (χ4v) is 4.17. The highest BCUT2D eigenvalue weighted by molar-refractivity contribution is 7.13. The van der Waals surface area contributed by atoms with Gasteiger partial charge in [-0.05, 0) is 18.9 Å². The van der Waals surface area contributed by atoms with Gasteiger partial charge in [0.15, 0.2) is 11.6 Å². The summed E-state index contributed by atoms with van der Waals surface area (Å²) in [6.45, 7) is -0.0967. The van der Waals surface area contributed by atoms with Crippen molar-refractivity contribution in [3.8, 4) is 10.6 Å². The molecule has 0 spiro atoms. The van der Waals surface area contributed by atoms with Gasteiger partial charge >= 0.3 is 0 Å². The summed E-state index contributed by atoms with van der Waals surface area (Å²) in [7, 11) is 0. The number of aromatic nitrogens is 3. The highest BCUT2D eigenvalue weighted by Crippen LogP contribution is 2.29. The molecule has 12 heteroatoms.